The summed E-state index contributed by atoms with van der Waals surface area (Å²) in [6.45, 7) is 3.07. The summed E-state index contributed by atoms with van der Waals surface area (Å²) in [5, 5.41) is 0. The van der Waals surface area contributed by atoms with Crippen LogP contribution in [0.1, 0.15) is 22.8 Å². The molecule has 0 aliphatic heterocycles. The average Bonchev–Trinajstić information content (AvgIpc) is 2.47. The number of hydrogen-bond donors (Lipinski definition) is 0. The lowest BCUT2D eigenvalue weighted by Crippen LogP contribution is -2.38. The SMILES string of the molecule is Cc1ccc(S(=O)(=O)C(C)(Cl)C(=O)c2ccccc2)cc1. The Morgan fingerprint density at radius 2 is 1.52 bits per heavy atom. The molecule has 0 bridgehead atoms. The quantitative estimate of drug-likeness (QED) is 0.638. The number of aryl methyl sites for hydroxylation is 1. The fourth-order valence-corrected chi connectivity index (χ4v) is 3.58. The topological polar surface area (TPSA) is 51.2 Å². The first-order chi connectivity index (χ1) is 9.76. The number of benzene rings is 2. The predicted octanol–water partition coefficient (Wildman–Crippen LogP) is 3.61. The minimum Gasteiger partial charge on any atom is -0.291 e. The molecule has 0 saturated heterocycles. The minimum atomic E-state index is -3.99. The number of hydrogen-bond acceptors (Lipinski definition) is 3. The zero-order valence-corrected chi connectivity index (χ0v) is 13.3. The Balaban J connectivity index is 2.47. The summed E-state index contributed by atoms with van der Waals surface area (Å²) in [6, 6.07) is 14.4. The molecule has 1 unspecified atom stereocenters. The van der Waals surface area contributed by atoms with Gasteiger partial charge in [0.15, 0.2) is 5.78 Å². The predicted molar refractivity (Wildman–Crippen MR) is 83.4 cm³/mol. The van der Waals surface area contributed by atoms with Gasteiger partial charge in [-0.25, -0.2) is 8.42 Å². The molecule has 0 radical (unpaired) electrons. The molecule has 0 aromatic heterocycles. The number of rotatable bonds is 4. The maximum atomic E-state index is 12.6. The van der Waals surface area contributed by atoms with Crippen molar-refractivity contribution in [2.75, 3.05) is 0 Å². The van der Waals surface area contributed by atoms with Gasteiger partial charge in [-0.05, 0) is 26.0 Å². The highest BCUT2D eigenvalue weighted by atomic mass is 35.5. The fraction of sp³-hybridized carbons (Fsp3) is 0.188. The molecule has 1 atom stereocenters. The van der Waals surface area contributed by atoms with E-state index in [1.54, 1.807) is 42.5 Å². The minimum absolute atomic E-state index is 0.0369. The van der Waals surface area contributed by atoms with Gasteiger partial charge in [0.1, 0.15) is 0 Å². The van der Waals surface area contributed by atoms with Crippen molar-refractivity contribution < 1.29 is 13.2 Å². The van der Waals surface area contributed by atoms with Crippen molar-refractivity contribution in [3.05, 3.63) is 65.7 Å². The lowest BCUT2D eigenvalue weighted by molar-refractivity contribution is 0.0978. The van der Waals surface area contributed by atoms with E-state index in [4.69, 9.17) is 11.6 Å². The standard InChI is InChI=1S/C16H15ClO3S/c1-12-8-10-14(11-9-12)21(19,20)16(2,17)15(18)13-6-4-3-5-7-13/h3-11H,1-2H3. The van der Waals surface area contributed by atoms with E-state index in [-0.39, 0.29) is 10.5 Å². The van der Waals surface area contributed by atoms with Gasteiger partial charge in [0, 0.05) is 5.56 Å². The van der Waals surface area contributed by atoms with Crippen molar-refractivity contribution in [1.82, 2.24) is 0 Å². The molecule has 21 heavy (non-hydrogen) atoms. The number of alkyl halides is 1. The van der Waals surface area contributed by atoms with Crippen LogP contribution in [0.3, 0.4) is 0 Å². The Bertz CT molecular complexity index is 748. The summed E-state index contributed by atoms with van der Waals surface area (Å²) in [6.07, 6.45) is 0. The van der Waals surface area contributed by atoms with Crippen LogP contribution in [0.25, 0.3) is 0 Å². The Labute approximate surface area is 129 Å². The van der Waals surface area contributed by atoms with E-state index < -0.39 is 19.8 Å². The smallest absolute Gasteiger partial charge is 0.209 e. The lowest BCUT2D eigenvalue weighted by Gasteiger charge is -2.21. The number of carbonyl (C=O) groups is 1. The van der Waals surface area contributed by atoms with E-state index in [1.165, 1.54) is 19.1 Å². The molecule has 0 saturated carbocycles. The zero-order valence-electron chi connectivity index (χ0n) is 11.7. The van der Waals surface area contributed by atoms with Crippen LogP contribution in [0.5, 0.6) is 0 Å². The summed E-state index contributed by atoms with van der Waals surface area (Å²) < 4.78 is 23.2. The van der Waals surface area contributed by atoms with E-state index in [0.29, 0.717) is 0 Å². The largest absolute Gasteiger partial charge is 0.291 e. The molecular weight excluding hydrogens is 308 g/mol. The van der Waals surface area contributed by atoms with Crippen LogP contribution >= 0.6 is 11.6 Å². The monoisotopic (exact) mass is 322 g/mol. The van der Waals surface area contributed by atoms with Crippen molar-refractivity contribution in [1.29, 1.82) is 0 Å². The first-order valence-corrected chi connectivity index (χ1v) is 8.23. The van der Waals surface area contributed by atoms with Crippen molar-refractivity contribution in [2.45, 2.75) is 22.9 Å². The average molecular weight is 323 g/mol. The van der Waals surface area contributed by atoms with Crippen LogP contribution in [-0.2, 0) is 9.84 Å². The highest BCUT2D eigenvalue weighted by molar-refractivity contribution is 7.95. The lowest BCUT2D eigenvalue weighted by atomic mass is 10.1. The molecule has 0 aliphatic rings. The Kier molecular flexibility index (Phi) is 4.21. The Hall–Kier alpha value is -1.65. The molecule has 5 heteroatoms. The van der Waals surface area contributed by atoms with Gasteiger partial charge in [-0.15, -0.1) is 0 Å². The molecule has 0 amide bonds. The van der Waals surface area contributed by atoms with Gasteiger partial charge < -0.3 is 0 Å². The van der Waals surface area contributed by atoms with E-state index in [2.05, 4.69) is 0 Å². The van der Waals surface area contributed by atoms with Crippen molar-refractivity contribution >= 4 is 27.2 Å². The third kappa shape index (κ3) is 2.87. The van der Waals surface area contributed by atoms with Crippen molar-refractivity contribution in [2.24, 2.45) is 0 Å². The third-order valence-corrected chi connectivity index (χ3v) is 6.15. The van der Waals surface area contributed by atoms with E-state index in [1.807, 2.05) is 6.92 Å². The maximum absolute atomic E-state index is 12.6. The molecule has 0 heterocycles. The molecule has 2 aromatic carbocycles. The first-order valence-electron chi connectivity index (χ1n) is 6.37. The van der Waals surface area contributed by atoms with E-state index >= 15 is 0 Å². The Morgan fingerprint density at radius 1 is 1.00 bits per heavy atom. The van der Waals surface area contributed by atoms with Gasteiger partial charge in [0.2, 0.25) is 14.0 Å². The molecule has 0 N–H and O–H groups in total. The van der Waals surface area contributed by atoms with Crippen molar-refractivity contribution in [3.8, 4) is 0 Å². The number of carbonyl (C=O) groups excluding carboxylic acids is 1. The van der Waals surface area contributed by atoms with E-state index in [0.717, 1.165) is 5.56 Å². The van der Waals surface area contributed by atoms with Gasteiger partial charge in [-0.3, -0.25) is 4.79 Å². The first kappa shape index (κ1) is 15.7. The van der Waals surface area contributed by atoms with Gasteiger partial charge in [-0.1, -0.05) is 59.6 Å². The van der Waals surface area contributed by atoms with Crippen LogP contribution in [0.2, 0.25) is 0 Å². The second-order valence-corrected chi connectivity index (χ2v) is 8.20. The maximum Gasteiger partial charge on any atom is 0.209 e. The number of sulfone groups is 1. The van der Waals surface area contributed by atoms with Crippen LogP contribution in [-0.4, -0.2) is 18.4 Å². The summed E-state index contributed by atoms with van der Waals surface area (Å²) in [5.74, 6) is -0.634. The second kappa shape index (κ2) is 5.62. The molecule has 3 nitrogen and oxygen atoms in total. The molecule has 0 spiro atoms. The summed E-state index contributed by atoms with van der Waals surface area (Å²) in [4.78, 5) is 12.5. The highest BCUT2D eigenvalue weighted by Gasteiger charge is 2.45. The van der Waals surface area contributed by atoms with Crippen LogP contribution < -0.4 is 0 Å². The van der Waals surface area contributed by atoms with Crippen LogP contribution in [0, 0.1) is 6.92 Å². The third-order valence-electron chi connectivity index (χ3n) is 3.28. The van der Waals surface area contributed by atoms with Crippen LogP contribution in [0.4, 0.5) is 0 Å². The number of ketones is 1. The molecule has 110 valence electrons. The van der Waals surface area contributed by atoms with E-state index in [9.17, 15) is 13.2 Å². The summed E-state index contributed by atoms with van der Waals surface area (Å²) in [5.41, 5.74) is 1.20. The Morgan fingerprint density at radius 3 is 2.05 bits per heavy atom. The van der Waals surface area contributed by atoms with Crippen LogP contribution in [0.15, 0.2) is 59.5 Å². The molecular formula is C16H15ClO3S. The molecule has 2 aromatic rings. The molecule has 0 fully saturated rings. The number of halogens is 1. The summed E-state index contributed by atoms with van der Waals surface area (Å²) in [7, 11) is -3.99. The normalized spacial score (nSPS) is 14.4. The summed E-state index contributed by atoms with van der Waals surface area (Å²) >= 11 is 6.15. The second-order valence-electron chi connectivity index (χ2n) is 4.93. The van der Waals surface area contributed by atoms with Gasteiger partial charge >= 0.3 is 0 Å². The number of Topliss-reactive ketones (excluding diaryl/α,β-unsaturated/α-hetero) is 1. The van der Waals surface area contributed by atoms with Gasteiger partial charge in [0.25, 0.3) is 0 Å². The fourth-order valence-electron chi connectivity index (χ4n) is 1.91. The highest BCUT2D eigenvalue weighted by Crippen LogP contribution is 2.33. The van der Waals surface area contributed by atoms with Gasteiger partial charge in [-0.2, -0.15) is 0 Å². The molecule has 0 aliphatic carbocycles. The van der Waals surface area contributed by atoms with Gasteiger partial charge in [0.05, 0.1) is 4.90 Å². The van der Waals surface area contributed by atoms with Crippen molar-refractivity contribution in [3.63, 3.8) is 0 Å². The molecule has 2 rings (SSSR count). The zero-order chi connectivity index (χ0) is 15.7.